The predicted molar refractivity (Wildman–Crippen MR) is 93.9 cm³/mol. The van der Waals surface area contributed by atoms with Crippen molar-refractivity contribution >= 4 is 30.5 Å². The van der Waals surface area contributed by atoms with Gasteiger partial charge in [0.05, 0.1) is 21.9 Å². The van der Waals surface area contributed by atoms with Crippen LogP contribution in [0.5, 0.6) is 0 Å². The molecule has 0 aliphatic carbocycles. The molecule has 0 unspecified atom stereocenters. The largest absolute Gasteiger partial charge is 0.491 e. The second-order valence-corrected chi connectivity index (χ2v) is 7.03. The molecule has 2 rings (SSSR count). The number of rotatable bonds is 4. The Balaban J connectivity index is 2.31. The Morgan fingerprint density at radius 3 is 2.36 bits per heavy atom. The summed E-state index contributed by atoms with van der Waals surface area (Å²) in [5, 5.41) is 3.71. The fourth-order valence-corrected chi connectivity index (χ4v) is 2.44. The molecule has 0 saturated carbocycles. The summed E-state index contributed by atoms with van der Waals surface area (Å²) >= 11 is 6.09. The smallest absolute Gasteiger partial charge is 0.400 e. The van der Waals surface area contributed by atoms with Crippen LogP contribution in [0.3, 0.4) is 0 Å². The Morgan fingerprint density at radius 1 is 1.27 bits per heavy atom. The van der Waals surface area contributed by atoms with Gasteiger partial charge in [-0.3, -0.25) is 0 Å². The van der Waals surface area contributed by atoms with Crippen LogP contribution < -0.4 is 11.1 Å². The van der Waals surface area contributed by atoms with Crippen molar-refractivity contribution in [1.82, 2.24) is 5.32 Å². The number of nitrogens with one attached hydrogen (secondary N) is 1. The first-order chi connectivity index (χ1) is 10.2. The molecular formula is C16H24BClN2O2. The Bertz CT molecular complexity index is 572. The maximum atomic E-state index is 6.12. The van der Waals surface area contributed by atoms with E-state index in [9.17, 15) is 0 Å². The number of benzene rings is 1. The van der Waals surface area contributed by atoms with E-state index in [1.165, 1.54) is 0 Å². The number of hydrogen-bond donors (Lipinski definition) is 2. The van der Waals surface area contributed by atoms with E-state index in [-0.39, 0.29) is 18.3 Å². The summed E-state index contributed by atoms with van der Waals surface area (Å²) in [6.45, 7) is 8.85. The van der Waals surface area contributed by atoms with Crippen molar-refractivity contribution in [2.24, 2.45) is 0 Å². The van der Waals surface area contributed by atoms with Gasteiger partial charge in [0.1, 0.15) is 0 Å². The molecule has 4 nitrogen and oxygen atoms in total. The summed E-state index contributed by atoms with van der Waals surface area (Å²) in [6.07, 6.45) is 2.03. The van der Waals surface area contributed by atoms with Crippen LogP contribution in [-0.4, -0.2) is 31.9 Å². The summed E-state index contributed by atoms with van der Waals surface area (Å²) in [5.74, 6) is 0. The molecule has 0 aromatic heterocycles. The number of anilines is 1. The zero-order chi connectivity index (χ0) is 16.5. The molecular weight excluding hydrogens is 298 g/mol. The topological polar surface area (TPSA) is 56.5 Å². The average Bonchev–Trinajstić information content (AvgIpc) is 2.62. The van der Waals surface area contributed by atoms with Crippen LogP contribution in [0.4, 0.5) is 5.69 Å². The minimum absolute atomic E-state index is 0.358. The van der Waals surface area contributed by atoms with Crippen molar-refractivity contribution < 1.29 is 9.31 Å². The van der Waals surface area contributed by atoms with Crippen molar-refractivity contribution in [3.05, 3.63) is 34.3 Å². The average molecular weight is 323 g/mol. The van der Waals surface area contributed by atoms with Gasteiger partial charge in [-0.05, 0) is 57.9 Å². The summed E-state index contributed by atoms with van der Waals surface area (Å²) in [6, 6.07) is 5.58. The molecule has 22 heavy (non-hydrogen) atoms. The van der Waals surface area contributed by atoms with Crippen LogP contribution >= 0.6 is 11.6 Å². The van der Waals surface area contributed by atoms with E-state index in [0.717, 1.165) is 11.0 Å². The van der Waals surface area contributed by atoms with Gasteiger partial charge in [0, 0.05) is 6.54 Å². The van der Waals surface area contributed by atoms with E-state index >= 15 is 0 Å². The van der Waals surface area contributed by atoms with E-state index < -0.39 is 0 Å². The number of halogens is 1. The Kier molecular flexibility index (Phi) is 4.92. The number of nitrogens with two attached hydrogens (primary N) is 1. The minimum Gasteiger partial charge on any atom is -0.400 e. The highest BCUT2D eigenvalue weighted by Crippen LogP contribution is 2.38. The second-order valence-electron chi connectivity index (χ2n) is 6.62. The van der Waals surface area contributed by atoms with Crippen LogP contribution in [0.25, 0.3) is 6.08 Å². The van der Waals surface area contributed by atoms with E-state index in [2.05, 4.69) is 5.32 Å². The van der Waals surface area contributed by atoms with Gasteiger partial charge in [0.15, 0.2) is 0 Å². The highest BCUT2D eigenvalue weighted by atomic mass is 35.5. The fourth-order valence-electron chi connectivity index (χ4n) is 2.25. The molecule has 0 bridgehead atoms. The SMILES string of the molecule is CNCC(=Cc1ccc(N)c(Cl)c1)B1OC(C)(C)C(C)(C)O1. The van der Waals surface area contributed by atoms with Crippen molar-refractivity contribution in [1.29, 1.82) is 0 Å². The molecule has 1 fully saturated rings. The lowest BCUT2D eigenvalue weighted by Gasteiger charge is -2.32. The molecule has 0 atom stereocenters. The molecule has 1 heterocycles. The van der Waals surface area contributed by atoms with E-state index in [1.807, 2.05) is 53.0 Å². The van der Waals surface area contributed by atoms with Gasteiger partial charge in [-0.25, -0.2) is 0 Å². The molecule has 1 aliphatic heterocycles. The van der Waals surface area contributed by atoms with Crippen molar-refractivity contribution in [2.75, 3.05) is 19.3 Å². The third-order valence-corrected chi connectivity index (χ3v) is 4.64. The van der Waals surface area contributed by atoms with Gasteiger partial charge in [0.2, 0.25) is 0 Å². The van der Waals surface area contributed by atoms with E-state index in [4.69, 9.17) is 26.6 Å². The molecule has 3 N–H and O–H groups in total. The maximum Gasteiger partial charge on any atom is 0.491 e. The Morgan fingerprint density at radius 2 is 1.86 bits per heavy atom. The van der Waals surface area contributed by atoms with Crippen LogP contribution in [0.15, 0.2) is 23.7 Å². The van der Waals surface area contributed by atoms with E-state index in [0.29, 0.717) is 17.3 Å². The van der Waals surface area contributed by atoms with E-state index in [1.54, 1.807) is 6.07 Å². The summed E-state index contributed by atoms with van der Waals surface area (Å²) < 4.78 is 12.2. The first kappa shape index (κ1) is 17.4. The normalized spacial score (nSPS) is 20.5. The third-order valence-electron chi connectivity index (χ3n) is 4.31. The monoisotopic (exact) mass is 322 g/mol. The highest BCUT2D eigenvalue weighted by molar-refractivity contribution is 6.56. The third kappa shape index (κ3) is 3.49. The number of likely N-dealkylation sites (N-methyl/N-ethyl adjacent to an activating group) is 1. The lowest BCUT2D eigenvalue weighted by molar-refractivity contribution is 0.00578. The Hall–Kier alpha value is -1.01. The zero-order valence-corrected chi connectivity index (χ0v) is 14.6. The molecule has 1 aromatic carbocycles. The second kappa shape index (κ2) is 6.24. The van der Waals surface area contributed by atoms with Crippen LogP contribution in [0.2, 0.25) is 5.02 Å². The van der Waals surface area contributed by atoms with Crippen molar-refractivity contribution in [2.45, 2.75) is 38.9 Å². The highest BCUT2D eigenvalue weighted by Gasteiger charge is 2.52. The first-order valence-electron chi connectivity index (χ1n) is 7.42. The van der Waals surface area contributed by atoms with Gasteiger partial charge in [0.25, 0.3) is 0 Å². The van der Waals surface area contributed by atoms with Gasteiger partial charge >= 0.3 is 7.12 Å². The molecule has 6 heteroatoms. The molecule has 0 amide bonds. The predicted octanol–water partition coefficient (Wildman–Crippen LogP) is 3.16. The molecule has 1 aromatic rings. The maximum absolute atomic E-state index is 6.12. The summed E-state index contributed by atoms with van der Waals surface area (Å²) in [7, 11) is 1.52. The lowest BCUT2D eigenvalue weighted by atomic mass is 9.77. The van der Waals surface area contributed by atoms with Crippen LogP contribution in [0, 0.1) is 0 Å². The molecule has 1 aliphatic rings. The zero-order valence-electron chi connectivity index (χ0n) is 13.9. The van der Waals surface area contributed by atoms with Crippen LogP contribution in [0.1, 0.15) is 33.3 Å². The van der Waals surface area contributed by atoms with Gasteiger partial charge in [-0.15, -0.1) is 0 Å². The molecule has 120 valence electrons. The number of nitrogen functional groups attached to an aromatic ring is 1. The lowest BCUT2D eigenvalue weighted by Crippen LogP contribution is -2.41. The first-order valence-corrected chi connectivity index (χ1v) is 7.80. The summed E-state index contributed by atoms with van der Waals surface area (Å²) in [5.41, 5.74) is 7.60. The van der Waals surface area contributed by atoms with Gasteiger partial charge < -0.3 is 20.4 Å². The standard InChI is InChI=1S/C16H24BClN2O2/c1-15(2)16(3,4)22-17(21-15)12(10-20-5)8-11-6-7-14(19)13(18)9-11/h6-9,20H,10,19H2,1-5H3. The summed E-state index contributed by atoms with van der Waals surface area (Å²) in [4.78, 5) is 0. The van der Waals surface area contributed by atoms with Gasteiger partial charge in [-0.1, -0.05) is 23.7 Å². The Labute approximate surface area is 138 Å². The van der Waals surface area contributed by atoms with Crippen molar-refractivity contribution in [3.8, 4) is 0 Å². The fraction of sp³-hybridized carbons (Fsp3) is 0.500. The quantitative estimate of drug-likeness (QED) is 0.660. The molecule has 0 radical (unpaired) electrons. The number of hydrogen-bond acceptors (Lipinski definition) is 4. The molecule has 0 spiro atoms. The molecule has 1 saturated heterocycles. The minimum atomic E-state index is -0.381. The van der Waals surface area contributed by atoms with Crippen LogP contribution in [-0.2, 0) is 9.31 Å². The van der Waals surface area contributed by atoms with Crippen molar-refractivity contribution in [3.63, 3.8) is 0 Å². The van der Waals surface area contributed by atoms with Gasteiger partial charge in [-0.2, -0.15) is 0 Å².